The zero-order chi connectivity index (χ0) is 15.1. The molecule has 0 aromatic heterocycles. The normalized spacial score (nSPS) is 10.9. The molecule has 0 fully saturated rings. The van der Waals surface area contributed by atoms with Crippen LogP contribution in [0.4, 0.5) is 0 Å². The number of hydrogen-bond acceptors (Lipinski definition) is 2. The van der Waals surface area contributed by atoms with Crippen molar-refractivity contribution in [2.75, 3.05) is 6.54 Å². The van der Waals surface area contributed by atoms with E-state index in [-0.39, 0.29) is 0 Å². The van der Waals surface area contributed by atoms with Crippen molar-refractivity contribution in [3.05, 3.63) is 64.7 Å². The minimum absolute atomic E-state index is 0.489. The second-order valence-corrected chi connectivity index (χ2v) is 5.96. The SMILES string of the molecule is CC(C)CNCc1cccc(OCc2ccccc2Cl)c1. The lowest BCUT2D eigenvalue weighted by atomic mass is 10.2. The Morgan fingerprint density at radius 2 is 1.90 bits per heavy atom. The van der Waals surface area contributed by atoms with Gasteiger partial charge in [-0.2, -0.15) is 0 Å². The van der Waals surface area contributed by atoms with E-state index in [0.29, 0.717) is 12.5 Å². The number of benzene rings is 2. The van der Waals surface area contributed by atoms with Crippen LogP contribution in [0.1, 0.15) is 25.0 Å². The molecular formula is C18H22ClNO. The molecule has 2 aromatic rings. The molecule has 0 aliphatic rings. The van der Waals surface area contributed by atoms with Gasteiger partial charge in [-0.05, 0) is 36.2 Å². The molecular weight excluding hydrogens is 282 g/mol. The van der Waals surface area contributed by atoms with Crippen LogP contribution in [0.5, 0.6) is 5.75 Å². The van der Waals surface area contributed by atoms with Crippen LogP contribution in [0.2, 0.25) is 5.02 Å². The van der Waals surface area contributed by atoms with Crippen molar-refractivity contribution in [3.8, 4) is 5.75 Å². The Bertz CT molecular complexity index is 569. The standard InChI is InChI=1S/C18H22ClNO/c1-14(2)11-20-12-15-6-5-8-17(10-15)21-13-16-7-3-4-9-18(16)19/h3-10,14,20H,11-13H2,1-2H3. The van der Waals surface area contributed by atoms with Crippen molar-refractivity contribution in [3.63, 3.8) is 0 Å². The van der Waals surface area contributed by atoms with Gasteiger partial charge in [-0.1, -0.05) is 55.8 Å². The van der Waals surface area contributed by atoms with Gasteiger partial charge >= 0.3 is 0 Å². The molecule has 0 aliphatic heterocycles. The molecule has 2 aromatic carbocycles. The molecule has 1 N–H and O–H groups in total. The molecule has 21 heavy (non-hydrogen) atoms. The topological polar surface area (TPSA) is 21.3 Å². The maximum Gasteiger partial charge on any atom is 0.120 e. The molecule has 0 saturated carbocycles. The summed E-state index contributed by atoms with van der Waals surface area (Å²) >= 11 is 6.13. The van der Waals surface area contributed by atoms with Gasteiger partial charge in [-0.15, -0.1) is 0 Å². The number of hydrogen-bond donors (Lipinski definition) is 1. The molecule has 0 atom stereocenters. The fraction of sp³-hybridized carbons (Fsp3) is 0.333. The molecule has 0 saturated heterocycles. The van der Waals surface area contributed by atoms with Gasteiger partial charge in [0.05, 0.1) is 0 Å². The second-order valence-electron chi connectivity index (χ2n) is 5.55. The number of ether oxygens (including phenoxy) is 1. The average Bonchev–Trinajstić information content (AvgIpc) is 2.46. The molecule has 0 bridgehead atoms. The first-order valence-electron chi connectivity index (χ1n) is 7.31. The van der Waals surface area contributed by atoms with E-state index in [1.807, 2.05) is 36.4 Å². The van der Waals surface area contributed by atoms with E-state index in [9.17, 15) is 0 Å². The zero-order valence-corrected chi connectivity index (χ0v) is 13.4. The highest BCUT2D eigenvalue weighted by Crippen LogP contribution is 2.19. The third kappa shape index (κ3) is 5.41. The van der Waals surface area contributed by atoms with Crippen LogP contribution >= 0.6 is 11.6 Å². The summed E-state index contributed by atoms with van der Waals surface area (Å²) in [5.41, 5.74) is 2.23. The maximum absolute atomic E-state index is 6.13. The summed E-state index contributed by atoms with van der Waals surface area (Å²) in [6, 6.07) is 15.9. The number of rotatable bonds is 7. The zero-order valence-electron chi connectivity index (χ0n) is 12.6. The Kier molecular flexibility index (Phi) is 6.09. The van der Waals surface area contributed by atoms with E-state index >= 15 is 0 Å². The van der Waals surface area contributed by atoms with Gasteiger partial charge in [0.15, 0.2) is 0 Å². The van der Waals surface area contributed by atoms with Gasteiger partial charge in [0, 0.05) is 17.1 Å². The predicted molar refractivity (Wildman–Crippen MR) is 88.8 cm³/mol. The highest BCUT2D eigenvalue weighted by molar-refractivity contribution is 6.31. The molecule has 0 spiro atoms. The fourth-order valence-corrected chi connectivity index (χ4v) is 2.22. The third-order valence-electron chi connectivity index (χ3n) is 3.13. The lowest BCUT2D eigenvalue weighted by Crippen LogP contribution is -2.18. The molecule has 0 heterocycles. The quantitative estimate of drug-likeness (QED) is 0.803. The van der Waals surface area contributed by atoms with Gasteiger partial charge in [0.2, 0.25) is 0 Å². The Labute approximate surface area is 132 Å². The first-order valence-corrected chi connectivity index (χ1v) is 7.69. The van der Waals surface area contributed by atoms with Crippen LogP contribution in [-0.2, 0) is 13.2 Å². The number of halogens is 1. The molecule has 2 rings (SSSR count). The van der Waals surface area contributed by atoms with Gasteiger partial charge in [0.1, 0.15) is 12.4 Å². The van der Waals surface area contributed by atoms with Crippen LogP contribution in [0, 0.1) is 5.92 Å². The van der Waals surface area contributed by atoms with Crippen molar-refractivity contribution < 1.29 is 4.74 Å². The molecule has 112 valence electrons. The van der Waals surface area contributed by atoms with E-state index in [0.717, 1.165) is 29.4 Å². The van der Waals surface area contributed by atoms with E-state index in [1.165, 1.54) is 5.56 Å². The Morgan fingerprint density at radius 3 is 2.67 bits per heavy atom. The Balaban J connectivity index is 1.90. The summed E-state index contributed by atoms with van der Waals surface area (Å²) in [5, 5.41) is 4.18. The minimum atomic E-state index is 0.489. The summed E-state index contributed by atoms with van der Waals surface area (Å²) < 4.78 is 5.83. The smallest absolute Gasteiger partial charge is 0.120 e. The molecule has 0 amide bonds. The van der Waals surface area contributed by atoms with Crippen molar-refractivity contribution in [1.29, 1.82) is 0 Å². The minimum Gasteiger partial charge on any atom is -0.489 e. The Hall–Kier alpha value is -1.51. The van der Waals surface area contributed by atoms with E-state index in [2.05, 4.69) is 31.3 Å². The average molecular weight is 304 g/mol. The first kappa shape index (κ1) is 15.9. The summed E-state index contributed by atoms with van der Waals surface area (Å²) in [7, 11) is 0. The van der Waals surface area contributed by atoms with Crippen molar-refractivity contribution in [2.24, 2.45) is 5.92 Å². The molecule has 2 nitrogen and oxygen atoms in total. The van der Waals surface area contributed by atoms with Crippen LogP contribution in [0.25, 0.3) is 0 Å². The first-order chi connectivity index (χ1) is 10.1. The van der Waals surface area contributed by atoms with Crippen LogP contribution in [-0.4, -0.2) is 6.54 Å². The van der Waals surface area contributed by atoms with E-state index in [4.69, 9.17) is 16.3 Å². The monoisotopic (exact) mass is 303 g/mol. The molecule has 0 aliphatic carbocycles. The molecule has 0 unspecified atom stereocenters. The van der Waals surface area contributed by atoms with Crippen LogP contribution in [0.15, 0.2) is 48.5 Å². The highest BCUT2D eigenvalue weighted by Gasteiger charge is 2.02. The van der Waals surface area contributed by atoms with Crippen molar-refractivity contribution in [1.82, 2.24) is 5.32 Å². The fourth-order valence-electron chi connectivity index (χ4n) is 2.03. The predicted octanol–water partition coefficient (Wildman–Crippen LogP) is 4.66. The second kappa shape index (κ2) is 8.06. The summed E-state index contributed by atoms with van der Waals surface area (Å²) in [6.07, 6.45) is 0. The van der Waals surface area contributed by atoms with Gasteiger partial charge < -0.3 is 10.1 Å². The van der Waals surface area contributed by atoms with Crippen LogP contribution in [0.3, 0.4) is 0 Å². The van der Waals surface area contributed by atoms with Crippen molar-refractivity contribution >= 4 is 11.6 Å². The molecule has 3 heteroatoms. The maximum atomic E-state index is 6.13. The van der Waals surface area contributed by atoms with E-state index in [1.54, 1.807) is 0 Å². The summed E-state index contributed by atoms with van der Waals surface area (Å²) in [6.45, 7) is 6.78. The van der Waals surface area contributed by atoms with Gasteiger partial charge in [-0.3, -0.25) is 0 Å². The summed E-state index contributed by atoms with van der Waals surface area (Å²) in [5.74, 6) is 1.53. The number of nitrogens with one attached hydrogen (secondary N) is 1. The van der Waals surface area contributed by atoms with Crippen LogP contribution < -0.4 is 10.1 Å². The molecule has 0 radical (unpaired) electrons. The van der Waals surface area contributed by atoms with E-state index < -0.39 is 0 Å². The highest BCUT2D eigenvalue weighted by atomic mass is 35.5. The largest absolute Gasteiger partial charge is 0.489 e. The third-order valence-corrected chi connectivity index (χ3v) is 3.50. The Morgan fingerprint density at radius 1 is 1.10 bits per heavy atom. The summed E-state index contributed by atoms with van der Waals surface area (Å²) in [4.78, 5) is 0. The van der Waals surface area contributed by atoms with Crippen molar-refractivity contribution in [2.45, 2.75) is 27.0 Å². The van der Waals surface area contributed by atoms with Gasteiger partial charge in [0.25, 0.3) is 0 Å². The lowest BCUT2D eigenvalue weighted by molar-refractivity contribution is 0.306. The van der Waals surface area contributed by atoms with Gasteiger partial charge in [-0.25, -0.2) is 0 Å². The lowest BCUT2D eigenvalue weighted by Gasteiger charge is -2.10.